The fourth-order valence-electron chi connectivity index (χ4n) is 8.99. The van der Waals surface area contributed by atoms with E-state index in [-0.39, 0.29) is 29.5 Å². The van der Waals surface area contributed by atoms with E-state index in [4.69, 9.17) is 23.5 Å². The summed E-state index contributed by atoms with van der Waals surface area (Å²) < 4.78 is 38.8. The predicted octanol–water partition coefficient (Wildman–Crippen LogP) is 5.90. The number of ether oxygens (including phenoxy) is 2. The Kier molecular flexibility index (Phi) is 14.2. The van der Waals surface area contributed by atoms with E-state index in [1.165, 1.54) is 26.0 Å². The third-order valence-electron chi connectivity index (χ3n) is 12.7. The number of hydrogen-bond acceptors (Lipinski definition) is 17. The van der Waals surface area contributed by atoms with E-state index in [1.807, 2.05) is 60.7 Å². The number of methoxy groups -OCH3 is 1. The minimum Gasteiger partial charge on any atom is -0.494 e. The van der Waals surface area contributed by atoms with Crippen molar-refractivity contribution in [2.75, 3.05) is 82.7 Å². The smallest absolute Gasteiger partial charge is 0.365 e. The summed E-state index contributed by atoms with van der Waals surface area (Å²) in [5.41, 5.74) is 5.79. The van der Waals surface area contributed by atoms with Crippen molar-refractivity contribution in [1.29, 1.82) is 0 Å². The van der Waals surface area contributed by atoms with Gasteiger partial charge in [-0.1, -0.05) is 12.1 Å². The lowest BCUT2D eigenvalue weighted by molar-refractivity contribution is -0.139. The van der Waals surface area contributed by atoms with E-state index in [0.29, 0.717) is 89.3 Å². The zero-order valence-corrected chi connectivity index (χ0v) is 41.0. The standard InChI is InChI=1S/C47H52BrN12O8P/c1-57-27-31(25-52-57)33-23-37(54-47-51-26-34(48)45(56-47)53-36-10-9-35-43(50-16-15-49-35)44(36)69(64,66-3)67-4)40(65-2)24-38(33)59-19-21-60(22-20-59)42(62)28-58-17-13-30(14-18-58)29-5-7-32(8-6-29)68-39-11-12-41(61)55-46(39)63/h5-10,15-16,23-27,30,39H,11-14,17-22,28H2,1-4H3,(H,55,61,63)(H2,51,53,54,56). The highest BCUT2D eigenvalue weighted by Gasteiger charge is 2.33. The van der Waals surface area contributed by atoms with Crippen LogP contribution in [0.2, 0.25) is 0 Å². The predicted molar refractivity (Wildman–Crippen MR) is 263 cm³/mol. The number of amides is 3. The van der Waals surface area contributed by atoms with Gasteiger partial charge in [0.05, 0.1) is 41.2 Å². The first kappa shape index (κ1) is 47.6. The summed E-state index contributed by atoms with van der Waals surface area (Å²) in [6.07, 6.45) is 10.3. The number of halogens is 1. The number of carbonyl (C=O) groups excluding carboxylic acids is 3. The van der Waals surface area contributed by atoms with Gasteiger partial charge in [0.25, 0.3) is 5.91 Å². The number of hydrogen-bond donors (Lipinski definition) is 3. The number of nitrogens with one attached hydrogen (secondary N) is 3. The van der Waals surface area contributed by atoms with Crippen LogP contribution in [0.5, 0.6) is 11.5 Å². The number of anilines is 5. The maximum atomic E-state index is 13.9. The summed E-state index contributed by atoms with van der Waals surface area (Å²) in [6.45, 7) is 4.37. The molecular formula is C47H52BrN12O8P. The van der Waals surface area contributed by atoms with Gasteiger partial charge < -0.3 is 39.0 Å². The minimum absolute atomic E-state index is 0.118. The molecule has 0 bridgehead atoms. The topological polar surface area (TPSA) is 220 Å². The Morgan fingerprint density at radius 1 is 0.884 bits per heavy atom. The quantitative estimate of drug-likeness (QED) is 0.0805. The van der Waals surface area contributed by atoms with Gasteiger partial charge in [-0.15, -0.1) is 0 Å². The van der Waals surface area contributed by atoms with Crippen molar-refractivity contribution in [3.05, 3.63) is 89.6 Å². The molecule has 0 spiro atoms. The van der Waals surface area contributed by atoms with E-state index in [2.05, 4.69) is 61.7 Å². The van der Waals surface area contributed by atoms with E-state index >= 15 is 0 Å². The molecule has 3 aromatic carbocycles. The Balaban J connectivity index is 0.853. The molecule has 20 nitrogen and oxygen atoms in total. The molecule has 6 aromatic rings. The van der Waals surface area contributed by atoms with Crippen LogP contribution in [0.4, 0.5) is 28.8 Å². The van der Waals surface area contributed by atoms with Crippen molar-refractivity contribution in [2.24, 2.45) is 7.05 Å². The lowest BCUT2D eigenvalue weighted by Crippen LogP contribution is -2.52. The number of carbonyl (C=O) groups is 3. The molecule has 3 N–H and O–H groups in total. The van der Waals surface area contributed by atoms with Crippen molar-refractivity contribution < 1.29 is 37.5 Å². The molecule has 0 radical (unpaired) electrons. The van der Waals surface area contributed by atoms with Crippen LogP contribution in [0.3, 0.4) is 0 Å². The molecule has 360 valence electrons. The first-order valence-electron chi connectivity index (χ1n) is 22.5. The SMILES string of the molecule is COc1cc(N2CCN(C(=O)CN3CCC(c4ccc(OC5CCC(=O)NC5=O)cc4)CC3)CC2)c(-c2cnn(C)c2)cc1Nc1ncc(Br)c(Nc2ccc3nccnc3c2P(=O)(OC)OC)n1. The van der Waals surface area contributed by atoms with Crippen molar-refractivity contribution in [3.8, 4) is 22.6 Å². The summed E-state index contributed by atoms with van der Waals surface area (Å²) in [7, 11) is 2.27. The summed E-state index contributed by atoms with van der Waals surface area (Å²) in [5.74, 6) is 1.57. The molecule has 3 aliphatic heterocycles. The number of piperazine rings is 1. The van der Waals surface area contributed by atoms with Gasteiger partial charge in [0.1, 0.15) is 28.1 Å². The van der Waals surface area contributed by atoms with Gasteiger partial charge in [-0.2, -0.15) is 10.1 Å². The number of nitrogens with zero attached hydrogens (tertiary/aromatic N) is 9. The molecule has 3 fully saturated rings. The van der Waals surface area contributed by atoms with Crippen LogP contribution in [0.15, 0.2) is 84.0 Å². The molecule has 1 atom stereocenters. The van der Waals surface area contributed by atoms with Crippen LogP contribution in [-0.2, 0) is 35.0 Å². The molecule has 3 saturated heterocycles. The molecule has 9 rings (SSSR count). The fourth-order valence-corrected chi connectivity index (χ4v) is 10.7. The molecular weight excluding hydrogens is 971 g/mol. The molecule has 6 heterocycles. The summed E-state index contributed by atoms with van der Waals surface area (Å²) >= 11 is 3.56. The van der Waals surface area contributed by atoms with Gasteiger partial charge in [-0.25, -0.2) is 4.98 Å². The maximum Gasteiger partial charge on any atom is 0.365 e. The lowest BCUT2D eigenvalue weighted by atomic mass is 9.89. The largest absolute Gasteiger partial charge is 0.494 e. The molecule has 0 saturated carbocycles. The maximum absolute atomic E-state index is 13.9. The lowest BCUT2D eigenvalue weighted by Gasteiger charge is -2.39. The van der Waals surface area contributed by atoms with Gasteiger partial charge in [0.15, 0.2) is 6.10 Å². The zero-order chi connectivity index (χ0) is 48.2. The number of rotatable bonds is 15. The highest BCUT2D eigenvalue weighted by molar-refractivity contribution is 9.10. The van der Waals surface area contributed by atoms with Crippen molar-refractivity contribution in [2.45, 2.75) is 37.7 Å². The van der Waals surface area contributed by atoms with Gasteiger partial charge >= 0.3 is 7.60 Å². The molecule has 3 amide bonds. The molecule has 0 aliphatic carbocycles. The van der Waals surface area contributed by atoms with E-state index in [9.17, 15) is 18.9 Å². The second-order valence-corrected chi connectivity index (χ2v) is 19.9. The van der Waals surface area contributed by atoms with Gasteiger partial charge in [0, 0.05) is 108 Å². The average Bonchev–Trinajstić information content (AvgIpc) is 3.81. The third kappa shape index (κ3) is 10.4. The van der Waals surface area contributed by atoms with Crippen LogP contribution in [0.25, 0.3) is 22.2 Å². The zero-order valence-electron chi connectivity index (χ0n) is 38.6. The number of imide groups is 1. The van der Waals surface area contributed by atoms with Crippen LogP contribution in [-0.4, -0.2) is 130 Å². The van der Waals surface area contributed by atoms with Crippen molar-refractivity contribution >= 4 is 86.4 Å². The number of benzene rings is 3. The Morgan fingerprint density at radius 2 is 1.64 bits per heavy atom. The number of aryl methyl sites for hydroxylation is 1. The number of likely N-dealkylation sites (tertiary alicyclic amines) is 1. The van der Waals surface area contributed by atoms with Crippen LogP contribution < -0.4 is 35.6 Å². The van der Waals surface area contributed by atoms with Crippen LogP contribution in [0, 0.1) is 0 Å². The number of aromatic nitrogens is 6. The molecule has 22 heteroatoms. The van der Waals surface area contributed by atoms with Gasteiger partial charge in [-0.3, -0.25) is 43.8 Å². The Morgan fingerprint density at radius 3 is 2.33 bits per heavy atom. The highest BCUT2D eigenvalue weighted by atomic mass is 79.9. The second-order valence-electron chi connectivity index (χ2n) is 16.9. The third-order valence-corrected chi connectivity index (χ3v) is 15.2. The van der Waals surface area contributed by atoms with Crippen LogP contribution >= 0.6 is 23.5 Å². The van der Waals surface area contributed by atoms with Crippen molar-refractivity contribution in [1.82, 2.24) is 44.8 Å². The Bertz CT molecular complexity index is 2920. The molecule has 3 aromatic heterocycles. The van der Waals surface area contributed by atoms with E-state index in [0.717, 1.165) is 42.7 Å². The number of fused-ring (bicyclic) bond motifs is 1. The first-order valence-corrected chi connectivity index (χ1v) is 24.8. The molecule has 1 unspecified atom stereocenters. The Hall–Kier alpha value is -6.51. The highest BCUT2D eigenvalue weighted by Crippen LogP contribution is 2.49. The summed E-state index contributed by atoms with van der Waals surface area (Å²) in [4.78, 5) is 62.0. The van der Waals surface area contributed by atoms with Gasteiger partial charge in [0.2, 0.25) is 17.8 Å². The van der Waals surface area contributed by atoms with Gasteiger partial charge in [-0.05, 0) is 83.7 Å². The van der Waals surface area contributed by atoms with E-state index < -0.39 is 19.6 Å². The summed E-state index contributed by atoms with van der Waals surface area (Å²) in [6, 6.07) is 15.3. The normalized spacial score (nSPS) is 17.2. The van der Waals surface area contributed by atoms with Crippen LogP contribution in [0.1, 0.15) is 37.2 Å². The first-order chi connectivity index (χ1) is 33.4. The average molecular weight is 1020 g/mol. The fraction of sp³-hybridized carbons (Fsp3) is 0.362. The second kappa shape index (κ2) is 20.6. The summed E-state index contributed by atoms with van der Waals surface area (Å²) in [5, 5.41) is 13.6. The monoisotopic (exact) mass is 1020 g/mol. The van der Waals surface area contributed by atoms with Crippen molar-refractivity contribution in [3.63, 3.8) is 0 Å². The van der Waals surface area contributed by atoms with E-state index in [1.54, 1.807) is 36.3 Å². The number of piperidine rings is 2. The Labute approximate surface area is 406 Å². The molecule has 3 aliphatic rings. The minimum atomic E-state index is -3.83. The molecule has 69 heavy (non-hydrogen) atoms.